The van der Waals surface area contributed by atoms with E-state index in [0.717, 1.165) is 29.4 Å². The van der Waals surface area contributed by atoms with Gasteiger partial charge in [-0.1, -0.05) is 17.7 Å². The molecule has 2 aromatic rings. The van der Waals surface area contributed by atoms with Crippen molar-refractivity contribution in [1.29, 1.82) is 5.26 Å². The van der Waals surface area contributed by atoms with Gasteiger partial charge in [0.15, 0.2) is 0 Å². The predicted molar refractivity (Wildman–Crippen MR) is 83.4 cm³/mol. The minimum absolute atomic E-state index is 0.525. The maximum absolute atomic E-state index is 8.46. The van der Waals surface area contributed by atoms with Crippen LogP contribution in [0.15, 0.2) is 35.7 Å². The van der Waals surface area contributed by atoms with Gasteiger partial charge in [-0.2, -0.15) is 5.26 Å². The van der Waals surface area contributed by atoms with Crippen molar-refractivity contribution in [2.45, 2.75) is 19.4 Å². The summed E-state index contributed by atoms with van der Waals surface area (Å²) in [6, 6.07) is 11.9. The standard InChI is InChI=1S/C15H15ClN2OS/c16-12-8-15(20-11-12)10-18-13-4-3-5-14(9-13)19-7-2-1-6-17/h3-5,8-9,11,18H,1-2,7,10H2. The molecule has 0 aliphatic heterocycles. The number of unbranched alkanes of at least 4 members (excludes halogenated alkanes) is 1. The molecule has 3 nitrogen and oxygen atoms in total. The molecule has 0 aliphatic carbocycles. The Kier molecular flexibility index (Phi) is 5.72. The molecule has 0 radical (unpaired) electrons. The maximum Gasteiger partial charge on any atom is 0.121 e. The Balaban J connectivity index is 1.84. The van der Waals surface area contributed by atoms with Gasteiger partial charge in [0.1, 0.15) is 5.75 Å². The molecule has 0 bridgehead atoms. The molecule has 0 saturated heterocycles. The predicted octanol–water partition coefficient (Wildman–Crippen LogP) is 4.70. The number of anilines is 1. The zero-order valence-corrected chi connectivity index (χ0v) is 12.5. The number of rotatable bonds is 7. The highest BCUT2D eigenvalue weighted by molar-refractivity contribution is 7.10. The van der Waals surface area contributed by atoms with Crippen LogP contribution in [-0.4, -0.2) is 6.61 Å². The zero-order valence-electron chi connectivity index (χ0n) is 10.9. The van der Waals surface area contributed by atoms with E-state index in [0.29, 0.717) is 13.0 Å². The van der Waals surface area contributed by atoms with Crippen molar-refractivity contribution in [2.24, 2.45) is 0 Å². The van der Waals surface area contributed by atoms with E-state index in [-0.39, 0.29) is 0 Å². The summed E-state index contributed by atoms with van der Waals surface area (Å²) in [4.78, 5) is 1.19. The largest absolute Gasteiger partial charge is 0.493 e. The van der Waals surface area contributed by atoms with Crippen LogP contribution >= 0.6 is 22.9 Å². The highest BCUT2D eigenvalue weighted by Crippen LogP contribution is 2.22. The molecule has 0 spiro atoms. The average Bonchev–Trinajstić information content (AvgIpc) is 2.88. The summed E-state index contributed by atoms with van der Waals surface area (Å²) in [6.45, 7) is 1.31. The lowest BCUT2D eigenvalue weighted by molar-refractivity contribution is 0.313. The van der Waals surface area contributed by atoms with Crippen LogP contribution in [0.1, 0.15) is 17.7 Å². The number of hydrogen-bond acceptors (Lipinski definition) is 4. The number of thiophene rings is 1. The molecule has 20 heavy (non-hydrogen) atoms. The summed E-state index contributed by atoms with van der Waals surface area (Å²) in [7, 11) is 0. The number of hydrogen-bond donors (Lipinski definition) is 1. The molecular formula is C15H15ClN2OS. The van der Waals surface area contributed by atoms with Gasteiger partial charge in [0.25, 0.3) is 0 Å². The molecule has 0 amide bonds. The minimum Gasteiger partial charge on any atom is -0.493 e. The Morgan fingerprint density at radius 3 is 3.00 bits per heavy atom. The average molecular weight is 307 g/mol. The Morgan fingerprint density at radius 2 is 2.25 bits per heavy atom. The summed E-state index contributed by atoms with van der Waals surface area (Å²) in [5.74, 6) is 0.817. The van der Waals surface area contributed by atoms with Crippen molar-refractivity contribution in [3.8, 4) is 11.8 Å². The van der Waals surface area contributed by atoms with Crippen LogP contribution in [0.5, 0.6) is 5.75 Å². The van der Waals surface area contributed by atoms with Gasteiger partial charge in [0.2, 0.25) is 0 Å². The van der Waals surface area contributed by atoms with Gasteiger partial charge in [-0.3, -0.25) is 0 Å². The Morgan fingerprint density at radius 1 is 1.35 bits per heavy atom. The molecule has 0 fully saturated rings. The molecule has 1 aromatic carbocycles. The fourth-order valence-electron chi connectivity index (χ4n) is 1.67. The number of nitrogens with one attached hydrogen (secondary N) is 1. The Labute approximate surface area is 127 Å². The van der Waals surface area contributed by atoms with Crippen LogP contribution in [0.2, 0.25) is 5.02 Å². The molecular weight excluding hydrogens is 292 g/mol. The van der Waals surface area contributed by atoms with Gasteiger partial charge in [-0.15, -0.1) is 11.3 Å². The van der Waals surface area contributed by atoms with Gasteiger partial charge in [0.05, 0.1) is 17.7 Å². The van der Waals surface area contributed by atoms with Gasteiger partial charge >= 0.3 is 0 Å². The van der Waals surface area contributed by atoms with Crippen molar-refractivity contribution < 1.29 is 4.74 Å². The second-order valence-corrected chi connectivity index (χ2v) is 5.65. The first kappa shape index (κ1) is 14.7. The monoisotopic (exact) mass is 306 g/mol. The van der Waals surface area contributed by atoms with Crippen molar-refractivity contribution in [1.82, 2.24) is 0 Å². The summed E-state index contributed by atoms with van der Waals surface area (Å²) in [6.07, 6.45) is 1.28. The summed E-state index contributed by atoms with van der Waals surface area (Å²) in [5.41, 5.74) is 1.01. The highest BCUT2D eigenvalue weighted by atomic mass is 35.5. The van der Waals surface area contributed by atoms with E-state index in [1.54, 1.807) is 11.3 Å². The molecule has 1 aromatic heterocycles. The Hall–Kier alpha value is -1.70. The molecule has 1 N–H and O–H groups in total. The fraction of sp³-hybridized carbons (Fsp3) is 0.267. The molecule has 0 saturated carbocycles. The van der Waals surface area contributed by atoms with Crippen molar-refractivity contribution in [3.63, 3.8) is 0 Å². The van der Waals surface area contributed by atoms with E-state index in [1.807, 2.05) is 35.7 Å². The number of benzene rings is 1. The van der Waals surface area contributed by atoms with E-state index in [2.05, 4.69) is 11.4 Å². The summed E-state index contributed by atoms with van der Waals surface area (Å²) >= 11 is 7.53. The first-order chi connectivity index (χ1) is 9.78. The van der Waals surface area contributed by atoms with Crippen molar-refractivity contribution in [3.05, 3.63) is 45.6 Å². The third-order valence-electron chi connectivity index (χ3n) is 2.62. The quantitative estimate of drug-likeness (QED) is 0.754. The maximum atomic E-state index is 8.46. The Bertz CT molecular complexity index is 592. The number of nitriles is 1. The number of nitrogens with zero attached hydrogens (tertiary/aromatic N) is 1. The second kappa shape index (κ2) is 7.78. The lowest BCUT2D eigenvalue weighted by Gasteiger charge is -2.08. The molecule has 0 aliphatic rings. The third kappa shape index (κ3) is 4.76. The van der Waals surface area contributed by atoms with Crippen LogP contribution in [0.3, 0.4) is 0 Å². The first-order valence-corrected chi connectivity index (χ1v) is 7.60. The second-order valence-electron chi connectivity index (χ2n) is 4.22. The lowest BCUT2D eigenvalue weighted by Crippen LogP contribution is -1.99. The van der Waals surface area contributed by atoms with E-state index in [4.69, 9.17) is 21.6 Å². The number of ether oxygens (including phenoxy) is 1. The highest BCUT2D eigenvalue weighted by Gasteiger charge is 2.00. The molecule has 104 valence electrons. The molecule has 2 rings (SSSR count). The van der Waals surface area contributed by atoms with Crippen molar-refractivity contribution in [2.75, 3.05) is 11.9 Å². The van der Waals surface area contributed by atoms with Gasteiger partial charge in [-0.25, -0.2) is 0 Å². The topological polar surface area (TPSA) is 45.0 Å². The van der Waals surface area contributed by atoms with Crippen molar-refractivity contribution >= 4 is 28.6 Å². The van der Waals surface area contributed by atoms with Crippen LogP contribution in [0.4, 0.5) is 5.69 Å². The number of halogens is 1. The molecule has 0 unspecified atom stereocenters. The molecule has 5 heteroatoms. The van der Waals surface area contributed by atoms with Crippen LogP contribution in [-0.2, 0) is 6.54 Å². The minimum atomic E-state index is 0.525. The zero-order chi connectivity index (χ0) is 14.2. The molecule has 0 atom stereocenters. The smallest absolute Gasteiger partial charge is 0.121 e. The summed E-state index contributed by atoms with van der Waals surface area (Å²) < 4.78 is 5.60. The van der Waals surface area contributed by atoms with E-state index in [9.17, 15) is 0 Å². The van der Waals surface area contributed by atoms with E-state index >= 15 is 0 Å². The van der Waals surface area contributed by atoms with E-state index in [1.165, 1.54) is 4.88 Å². The fourth-order valence-corrected chi connectivity index (χ4v) is 2.69. The first-order valence-electron chi connectivity index (χ1n) is 6.34. The lowest BCUT2D eigenvalue weighted by atomic mass is 10.3. The van der Waals surface area contributed by atoms with Gasteiger partial charge < -0.3 is 10.1 Å². The SMILES string of the molecule is N#CCCCOc1cccc(NCc2cc(Cl)cs2)c1. The van der Waals surface area contributed by atoms with Gasteiger partial charge in [0, 0.05) is 35.0 Å². The van der Waals surface area contributed by atoms with Crippen LogP contribution < -0.4 is 10.1 Å². The third-order valence-corrected chi connectivity index (χ3v) is 3.91. The van der Waals surface area contributed by atoms with Crippen LogP contribution in [0, 0.1) is 11.3 Å². The van der Waals surface area contributed by atoms with E-state index < -0.39 is 0 Å². The molecule has 1 heterocycles. The normalized spacial score (nSPS) is 10.0. The van der Waals surface area contributed by atoms with Crippen LogP contribution in [0.25, 0.3) is 0 Å². The summed E-state index contributed by atoms with van der Waals surface area (Å²) in [5, 5.41) is 14.5. The van der Waals surface area contributed by atoms with Gasteiger partial charge in [-0.05, 0) is 24.6 Å².